The molecule has 81 heavy (non-hydrogen) atoms. The van der Waals surface area contributed by atoms with Crippen LogP contribution in [0.1, 0.15) is 40.3 Å². The smallest absolute Gasteiger partial charge is 0 e. The fourth-order valence-corrected chi connectivity index (χ4v) is 16.2. The van der Waals surface area contributed by atoms with Crippen LogP contribution in [0.4, 0.5) is 92.2 Å². The second kappa shape index (κ2) is 28.2. The maximum absolute atomic E-state index is 14.3. The van der Waals surface area contributed by atoms with E-state index in [1.165, 1.54) is 43.3 Å². The van der Waals surface area contributed by atoms with Gasteiger partial charge in [-0.3, -0.25) is 0 Å². The van der Waals surface area contributed by atoms with Crippen molar-refractivity contribution >= 4 is 65.7 Å². The summed E-state index contributed by atoms with van der Waals surface area (Å²) >= 11 is 0. The Balaban J connectivity index is 0.00000157. The Hall–Kier alpha value is -4.85. The quantitative estimate of drug-likeness (QED) is 0.0232. The molecule has 6 rings (SSSR count). The molecule has 0 fully saturated rings. The van der Waals surface area contributed by atoms with E-state index in [1.807, 2.05) is 0 Å². The molecule has 0 saturated carbocycles. The first-order chi connectivity index (χ1) is 36.6. The minimum absolute atomic E-state index is 0. The topological polar surface area (TPSA) is 97.0 Å². The third-order valence-corrected chi connectivity index (χ3v) is 20.0. The van der Waals surface area contributed by atoms with Crippen LogP contribution < -0.4 is 31.8 Å². The molecule has 0 atom stereocenters. The molecule has 0 aromatic heterocycles. The molecule has 1 radical (unpaired) electrons. The van der Waals surface area contributed by atoms with Crippen molar-refractivity contribution in [2.24, 2.45) is 5.41 Å². The summed E-state index contributed by atoms with van der Waals surface area (Å²) in [5, 5.41) is -1.14. The predicted octanol–water partition coefficient (Wildman–Crippen LogP) is 14.5. The second-order valence-corrected chi connectivity index (χ2v) is 24.7. The summed E-state index contributed by atoms with van der Waals surface area (Å²) in [5.41, 5.74) is -14.8. The van der Waals surface area contributed by atoms with Crippen molar-refractivity contribution in [2.75, 3.05) is 18.5 Å². The number of benzene rings is 6. The Kier molecular flexibility index (Phi) is 25.1. The Morgan fingerprint density at radius 3 is 0.605 bits per heavy atom. The molecule has 0 aliphatic rings. The summed E-state index contributed by atoms with van der Waals surface area (Å²) in [6.07, 6.45) is -31.6. The molecular weight excluding hydrogens is 1310 g/mol. The van der Waals surface area contributed by atoms with Crippen molar-refractivity contribution in [1.29, 1.82) is 0 Å². The average Bonchev–Trinajstić information content (AvgIpc) is 3.36. The first-order valence-electron chi connectivity index (χ1n) is 21.4. The third kappa shape index (κ3) is 20.8. The number of halogens is 21. The van der Waals surface area contributed by atoms with E-state index >= 15 is 0 Å². The zero-order valence-corrected chi connectivity index (χ0v) is 45.2. The van der Waals surface area contributed by atoms with Crippen LogP contribution >= 0.6 is 23.8 Å². The number of hydrogen-bond acceptors (Lipinski definition) is 3. The Bertz CT molecular complexity index is 2720. The van der Waals surface area contributed by atoms with Gasteiger partial charge in [0.25, 0.3) is 0 Å². The summed E-state index contributed by atoms with van der Waals surface area (Å²) in [7, 11) is -13.6. The van der Waals surface area contributed by atoms with Gasteiger partial charge in [0.2, 0.25) is 0 Å². The predicted molar refractivity (Wildman–Crippen MR) is 254 cm³/mol. The van der Waals surface area contributed by atoms with Gasteiger partial charge in [0.05, 0.1) is 33.4 Å². The van der Waals surface area contributed by atoms with Crippen LogP contribution in [0.5, 0.6) is 0 Å². The van der Waals surface area contributed by atoms with Gasteiger partial charge in [-0.05, 0) is 152 Å². The van der Waals surface area contributed by atoms with Crippen LogP contribution in [0.3, 0.4) is 0 Å². The van der Waals surface area contributed by atoms with Gasteiger partial charge in [0.1, 0.15) is 0 Å². The second-order valence-electron chi connectivity index (χ2n) is 16.8. The summed E-state index contributed by atoms with van der Waals surface area (Å²) in [4.78, 5) is 0. The van der Waals surface area contributed by atoms with E-state index in [4.69, 9.17) is 22.3 Å². The molecule has 0 unspecified atom stereocenters. The zero-order valence-electron chi connectivity index (χ0n) is 40.0. The molecule has 0 aliphatic heterocycles. The van der Waals surface area contributed by atoms with Crippen LogP contribution in [0.25, 0.3) is 0 Å². The van der Waals surface area contributed by atoms with Crippen LogP contribution in [-0.4, -0.2) is 37.0 Å². The summed E-state index contributed by atoms with van der Waals surface area (Å²) in [6.45, 7) is 10.4. The number of alkyl halides is 21. The van der Waals surface area contributed by atoms with Gasteiger partial charge in [0.15, 0.2) is 10.1 Å². The summed E-state index contributed by atoms with van der Waals surface area (Å²) < 4.78 is 331. The minimum atomic E-state index is -6.09. The van der Waals surface area contributed by atoms with Crippen molar-refractivity contribution in [3.05, 3.63) is 192 Å². The molecule has 0 heterocycles. The molecule has 0 N–H and O–H groups in total. The van der Waals surface area contributed by atoms with Crippen molar-refractivity contribution in [2.45, 2.75) is 49.5 Å². The van der Waals surface area contributed by atoms with Gasteiger partial charge in [0, 0.05) is 19.5 Å². The summed E-state index contributed by atoms with van der Waals surface area (Å²) in [6, 6.07) is 21.2. The van der Waals surface area contributed by atoms with Gasteiger partial charge in [-0.25, -0.2) is 8.42 Å². The maximum Gasteiger partial charge on any atom is 0 e. The zero-order chi connectivity index (χ0) is 61.3. The fourth-order valence-electron chi connectivity index (χ4n) is 7.39. The van der Waals surface area contributed by atoms with Gasteiger partial charge < -0.3 is 4.55 Å². The van der Waals surface area contributed by atoms with Crippen molar-refractivity contribution in [3.63, 3.8) is 0 Å². The molecule has 31 heteroatoms. The van der Waals surface area contributed by atoms with Gasteiger partial charge >= 0.3 is 65.2 Å². The molecule has 5 nitrogen and oxygen atoms in total. The largest absolute Gasteiger partial charge is 0 e. The molecule has 0 saturated heterocycles. The van der Waals surface area contributed by atoms with E-state index in [0.29, 0.717) is 72.8 Å². The molecule has 0 bridgehead atoms. The van der Waals surface area contributed by atoms with E-state index in [9.17, 15) is 92.2 Å². The molecule has 0 amide bonds. The van der Waals surface area contributed by atoms with E-state index in [0.717, 1.165) is 36.4 Å². The average molecular weight is 1340 g/mol. The number of hydrogen-bond donors (Lipinski definition) is 0. The standard InChI is InChI=1S/C47H33F18P3.CHF3O3S.2CO.Rh/c1-41(26-66(35-14-2-8-29(20-35)42(48,49)50)36-15-3-9-30(21-36)43(51,52)53,27-67(37-16-4-10-31(22-37)44(54,55)56)38-17-5-11-32(23-38)45(57,58)59)28-68(39-18-6-12-33(24-39)46(60,61)62)40-19-7-13-34(25-40)47(63,64)65;2-1(3,4)8(5,6)7;2*1-2;/h2-25H,26-28H2,1H3;(H,5,6,7);;;/p-1. The molecule has 441 valence electrons. The Labute approximate surface area is 463 Å². The molecule has 0 aliphatic carbocycles. The molecule has 0 spiro atoms. The van der Waals surface area contributed by atoms with E-state index in [1.54, 1.807) is 0 Å². The van der Waals surface area contributed by atoms with E-state index in [-0.39, 0.29) is 51.3 Å². The minimum Gasteiger partial charge on any atom is 0 e. The van der Waals surface area contributed by atoms with Crippen LogP contribution in [0, 0.1) is 18.7 Å². The SMILES string of the molecule is CC(CP(c1cccc(C(F)(F)F)c1)c1cccc(C(F)(F)F)c1)(CP(c1cccc(C(F)(F)F)c1)c1cccc(C(F)(F)F)c1)CP(c1cccc(C(F)(F)F)c1)c1cccc(C(F)(F)F)c1.O=S(=O)([O-])C(F)(F)F.[C-]#[O+].[C-]#[O+].[Rh]. The van der Waals surface area contributed by atoms with Crippen LogP contribution in [-0.2, 0) is 76.0 Å². The van der Waals surface area contributed by atoms with Gasteiger partial charge in [-0.2, -0.15) is 92.2 Å². The third-order valence-electron chi connectivity index (χ3n) is 10.8. The van der Waals surface area contributed by atoms with E-state index in [2.05, 4.69) is 13.3 Å². The molecule has 6 aromatic rings. The van der Waals surface area contributed by atoms with Crippen LogP contribution in [0.2, 0.25) is 0 Å². The molecular formula is C50H33F21O5P3RhS-. The normalized spacial score (nSPS) is 12.8. The van der Waals surface area contributed by atoms with Crippen LogP contribution in [0.15, 0.2) is 146 Å². The summed E-state index contributed by atoms with van der Waals surface area (Å²) in [5.74, 6) is 0. The van der Waals surface area contributed by atoms with Gasteiger partial charge in [-0.15, -0.1) is 0 Å². The fraction of sp³-hybridized carbons (Fsp3) is 0.240. The van der Waals surface area contributed by atoms with Crippen molar-refractivity contribution in [1.82, 2.24) is 0 Å². The number of rotatable bonds is 12. The first-order valence-corrected chi connectivity index (χ1v) is 27.3. The first kappa shape index (κ1) is 72.3. The van der Waals surface area contributed by atoms with Crippen molar-refractivity contribution < 1.29 is 134 Å². The van der Waals surface area contributed by atoms with Gasteiger partial charge in [-0.1, -0.05) is 79.7 Å². The molecule has 6 aromatic carbocycles. The maximum atomic E-state index is 14.3. The van der Waals surface area contributed by atoms with Crippen molar-refractivity contribution in [3.8, 4) is 0 Å². The monoisotopic (exact) mass is 1340 g/mol. The van der Waals surface area contributed by atoms with E-state index < -0.39 is 134 Å². The Morgan fingerprint density at radius 1 is 0.358 bits per heavy atom. The Morgan fingerprint density at radius 2 is 0.494 bits per heavy atom.